The van der Waals surface area contributed by atoms with Crippen molar-refractivity contribution in [1.29, 1.82) is 0 Å². The van der Waals surface area contributed by atoms with E-state index in [1.54, 1.807) is 25.3 Å². The third-order valence-electron chi connectivity index (χ3n) is 6.02. The number of ether oxygens (including phenoxy) is 1. The SMILES string of the molecule is COc1ccc(-c2[nH]ncc2CN2CCC[C@@H](CCC(=O)Nc3ccccc3F)C2)cc1. The minimum Gasteiger partial charge on any atom is -0.497 e. The summed E-state index contributed by atoms with van der Waals surface area (Å²) in [5, 5.41) is 10.1. The maximum absolute atomic E-state index is 13.7. The van der Waals surface area contributed by atoms with Crippen molar-refractivity contribution in [3.8, 4) is 17.0 Å². The first-order valence-electron chi connectivity index (χ1n) is 11.1. The highest BCUT2D eigenvalue weighted by atomic mass is 19.1. The molecule has 0 saturated carbocycles. The van der Waals surface area contributed by atoms with Crippen LogP contribution in [-0.4, -0.2) is 41.2 Å². The quantitative estimate of drug-likeness (QED) is 0.529. The zero-order chi connectivity index (χ0) is 22.3. The summed E-state index contributed by atoms with van der Waals surface area (Å²) in [5.74, 6) is 0.737. The van der Waals surface area contributed by atoms with E-state index in [-0.39, 0.29) is 11.6 Å². The molecule has 1 amide bonds. The Morgan fingerprint density at radius 2 is 2.06 bits per heavy atom. The van der Waals surface area contributed by atoms with Crippen molar-refractivity contribution < 1.29 is 13.9 Å². The molecule has 2 heterocycles. The second-order valence-corrected chi connectivity index (χ2v) is 8.31. The molecule has 0 aliphatic carbocycles. The Bertz CT molecular complexity index is 1030. The summed E-state index contributed by atoms with van der Waals surface area (Å²) in [7, 11) is 1.66. The summed E-state index contributed by atoms with van der Waals surface area (Å²) in [4.78, 5) is 14.7. The molecule has 0 bridgehead atoms. The standard InChI is InChI=1S/C25H29FN4O2/c1-32-21-11-9-19(10-12-21)25-20(15-27-29-25)17-30-14-4-5-18(16-30)8-13-24(31)28-23-7-3-2-6-22(23)26/h2-3,6-7,9-12,15,18H,4-5,8,13-14,16-17H2,1H3,(H,27,29)(H,28,31)/t18-/m0/s1. The number of nitrogens with one attached hydrogen (secondary N) is 2. The van der Waals surface area contributed by atoms with E-state index >= 15 is 0 Å². The largest absolute Gasteiger partial charge is 0.497 e. The van der Waals surface area contributed by atoms with Gasteiger partial charge in [0.05, 0.1) is 24.7 Å². The highest BCUT2D eigenvalue weighted by molar-refractivity contribution is 5.90. The number of rotatable bonds is 8. The Labute approximate surface area is 187 Å². The van der Waals surface area contributed by atoms with Crippen LogP contribution >= 0.6 is 0 Å². The van der Waals surface area contributed by atoms with Gasteiger partial charge in [-0.3, -0.25) is 14.8 Å². The zero-order valence-electron chi connectivity index (χ0n) is 18.3. The van der Waals surface area contributed by atoms with Gasteiger partial charge in [0.2, 0.25) is 5.91 Å². The summed E-state index contributed by atoms with van der Waals surface area (Å²) in [6.45, 7) is 2.79. The van der Waals surface area contributed by atoms with E-state index in [1.807, 2.05) is 30.5 Å². The van der Waals surface area contributed by atoms with Crippen LogP contribution < -0.4 is 10.1 Å². The van der Waals surface area contributed by atoms with E-state index in [4.69, 9.17) is 4.74 Å². The molecule has 1 aromatic heterocycles. The van der Waals surface area contributed by atoms with Gasteiger partial charge in [-0.25, -0.2) is 4.39 Å². The van der Waals surface area contributed by atoms with Gasteiger partial charge < -0.3 is 10.1 Å². The molecule has 2 aromatic carbocycles. The molecule has 6 nitrogen and oxygen atoms in total. The summed E-state index contributed by atoms with van der Waals surface area (Å²) < 4.78 is 19.0. The van der Waals surface area contributed by atoms with Gasteiger partial charge in [0.15, 0.2) is 0 Å². The predicted octanol–water partition coefficient (Wildman–Crippen LogP) is 4.86. The first-order chi connectivity index (χ1) is 15.6. The van der Waals surface area contributed by atoms with Gasteiger partial charge in [-0.2, -0.15) is 5.10 Å². The fourth-order valence-electron chi connectivity index (χ4n) is 4.32. The van der Waals surface area contributed by atoms with Crippen LogP contribution in [0, 0.1) is 11.7 Å². The number of nitrogens with zero attached hydrogens (tertiary/aromatic N) is 2. The van der Waals surface area contributed by atoms with Crippen LogP contribution in [0.15, 0.2) is 54.7 Å². The van der Waals surface area contributed by atoms with E-state index < -0.39 is 5.82 Å². The van der Waals surface area contributed by atoms with Gasteiger partial charge in [0, 0.05) is 30.6 Å². The number of likely N-dealkylation sites (tertiary alicyclic amines) is 1. The maximum Gasteiger partial charge on any atom is 0.224 e. The summed E-state index contributed by atoms with van der Waals surface area (Å²) >= 11 is 0. The first kappa shape index (κ1) is 22.0. The molecule has 1 fully saturated rings. The topological polar surface area (TPSA) is 70.2 Å². The molecule has 32 heavy (non-hydrogen) atoms. The second kappa shape index (κ2) is 10.4. The lowest BCUT2D eigenvalue weighted by atomic mass is 9.93. The normalized spacial score (nSPS) is 16.6. The third kappa shape index (κ3) is 5.53. The van der Waals surface area contributed by atoms with E-state index in [1.165, 1.54) is 6.07 Å². The Morgan fingerprint density at radius 1 is 1.25 bits per heavy atom. The Balaban J connectivity index is 1.30. The number of piperidine rings is 1. The number of para-hydroxylation sites is 1. The van der Waals surface area contributed by atoms with Crippen molar-refractivity contribution in [2.75, 3.05) is 25.5 Å². The molecule has 0 unspecified atom stereocenters. The number of carbonyl (C=O) groups is 1. The van der Waals surface area contributed by atoms with Gasteiger partial charge in [0.25, 0.3) is 0 Å². The lowest BCUT2D eigenvalue weighted by Gasteiger charge is -2.32. The number of hydrogen-bond acceptors (Lipinski definition) is 4. The molecule has 7 heteroatoms. The lowest BCUT2D eigenvalue weighted by molar-refractivity contribution is -0.116. The lowest BCUT2D eigenvalue weighted by Crippen LogP contribution is -2.35. The minimum absolute atomic E-state index is 0.135. The van der Waals surface area contributed by atoms with Crippen LogP contribution in [0.1, 0.15) is 31.2 Å². The van der Waals surface area contributed by atoms with E-state index in [0.717, 1.165) is 61.5 Å². The second-order valence-electron chi connectivity index (χ2n) is 8.31. The molecule has 1 atom stereocenters. The number of hydrogen-bond donors (Lipinski definition) is 2. The molecule has 4 rings (SSSR count). The molecule has 2 N–H and O–H groups in total. The molecule has 1 saturated heterocycles. The van der Waals surface area contributed by atoms with Crippen LogP contribution in [0.3, 0.4) is 0 Å². The van der Waals surface area contributed by atoms with Crippen molar-refractivity contribution in [1.82, 2.24) is 15.1 Å². The number of amides is 1. The molecular formula is C25H29FN4O2. The van der Waals surface area contributed by atoms with Crippen LogP contribution in [-0.2, 0) is 11.3 Å². The highest BCUT2D eigenvalue weighted by Gasteiger charge is 2.22. The number of halogens is 1. The van der Waals surface area contributed by atoms with Crippen molar-refractivity contribution in [2.24, 2.45) is 5.92 Å². The first-order valence-corrected chi connectivity index (χ1v) is 11.1. The average molecular weight is 437 g/mol. The van der Waals surface area contributed by atoms with Crippen molar-refractivity contribution >= 4 is 11.6 Å². The molecule has 0 radical (unpaired) electrons. The zero-order valence-corrected chi connectivity index (χ0v) is 18.3. The minimum atomic E-state index is -0.405. The number of aromatic amines is 1. The van der Waals surface area contributed by atoms with E-state index in [0.29, 0.717) is 12.3 Å². The van der Waals surface area contributed by atoms with Crippen molar-refractivity contribution in [2.45, 2.75) is 32.2 Å². The van der Waals surface area contributed by atoms with Gasteiger partial charge in [-0.05, 0) is 68.1 Å². The average Bonchev–Trinajstić information content (AvgIpc) is 3.27. The number of aromatic nitrogens is 2. The van der Waals surface area contributed by atoms with E-state index in [9.17, 15) is 9.18 Å². The Morgan fingerprint density at radius 3 is 2.84 bits per heavy atom. The monoisotopic (exact) mass is 436 g/mol. The summed E-state index contributed by atoms with van der Waals surface area (Å²) in [5.41, 5.74) is 3.51. The molecular weight excluding hydrogens is 407 g/mol. The number of benzene rings is 2. The number of anilines is 1. The summed E-state index contributed by atoms with van der Waals surface area (Å²) in [6, 6.07) is 14.2. The molecule has 168 valence electrons. The predicted molar refractivity (Wildman–Crippen MR) is 123 cm³/mol. The van der Waals surface area contributed by atoms with Crippen LogP contribution in [0.25, 0.3) is 11.3 Å². The fraction of sp³-hybridized carbons (Fsp3) is 0.360. The summed E-state index contributed by atoms with van der Waals surface area (Å²) in [6.07, 6.45) is 5.31. The van der Waals surface area contributed by atoms with Crippen molar-refractivity contribution in [3.05, 3.63) is 66.1 Å². The smallest absolute Gasteiger partial charge is 0.224 e. The molecule has 3 aromatic rings. The molecule has 1 aliphatic rings. The maximum atomic E-state index is 13.7. The van der Waals surface area contributed by atoms with E-state index in [2.05, 4.69) is 20.4 Å². The van der Waals surface area contributed by atoms with Crippen LogP contribution in [0.4, 0.5) is 10.1 Å². The van der Waals surface area contributed by atoms with Gasteiger partial charge in [-0.15, -0.1) is 0 Å². The molecule has 1 aliphatic heterocycles. The third-order valence-corrected chi connectivity index (χ3v) is 6.02. The Hall–Kier alpha value is -3.19. The number of H-pyrrole nitrogens is 1. The van der Waals surface area contributed by atoms with Crippen LogP contribution in [0.5, 0.6) is 5.75 Å². The van der Waals surface area contributed by atoms with Crippen LogP contribution in [0.2, 0.25) is 0 Å². The van der Waals surface area contributed by atoms with Gasteiger partial charge >= 0.3 is 0 Å². The van der Waals surface area contributed by atoms with Gasteiger partial charge in [-0.1, -0.05) is 12.1 Å². The number of methoxy groups -OCH3 is 1. The Kier molecular flexibility index (Phi) is 7.17. The van der Waals surface area contributed by atoms with Gasteiger partial charge in [0.1, 0.15) is 11.6 Å². The highest BCUT2D eigenvalue weighted by Crippen LogP contribution is 2.27. The fourth-order valence-corrected chi connectivity index (χ4v) is 4.32. The molecule has 0 spiro atoms. The van der Waals surface area contributed by atoms with Crippen molar-refractivity contribution in [3.63, 3.8) is 0 Å². The number of carbonyl (C=O) groups excluding carboxylic acids is 1.